The number of nitrogens with one attached hydrogen (secondary N) is 1. The van der Waals surface area contributed by atoms with Gasteiger partial charge in [-0.05, 0) is 106 Å². The summed E-state index contributed by atoms with van der Waals surface area (Å²) >= 11 is 0. The summed E-state index contributed by atoms with van der Waals surface area (Å²) in [5.41, 5.74) is 1.47. The molecule has 17 nitrogen and oxygen atoms in total. The first-order valence-corrected chi connectivity index (χ1v) is 25.1. The van der Waals surface area contributed by atoms with Gasteiger partial charge in [-0.25, -0.2) is 0 Å². The molecule has 8 fully saturated rings. The van der Waals surface area contributed by atoms with E-state index >= 15 is 0 Å². The van der Waals surface area contributed by atoms with E-state index in [-0.39, 0.29) is 23.5 Å². The molecule has 0 aromatic carbocycles. The molecule has 5 heterocycles. The van der Waals surface area contributed by atoms with Crippen LogP contribution in [0.5, 0.6) is 0 Å². The minimum Gasteiger partial charge on any atom is -0.388 e. The first-order chi connectivity index (χ1) is 31.8. The molecule has 67 heavy (non-hydrogen) atoms. The molecule has 17 heteroatoms. The summed E-state index contributed by atoms with van der Waals surface area (Å²) in [5, 5.41) is 79.3. The van der Waals surface area contributed by atoms with Crippen LogP contribution < -0.4 is 5.32 Å². The Kier molecular flexibility index (Phi) is 14.4. The van der Waals surface area contributed by atoms with Crippen molar-refractivity contribution >= 4 is 5.91 Å². The number of allylic oxidation sites excluding steroid dienone is 3. The van der Waals surface area contributed by atoms with Crippen molar-refractivity contribution in [2.24, 2.45) is 46.3 Å². The zero-order valence-corrected chi connectivity index (χ0v) is 39.9. The highest BCUT2D eigenvalue weighted by molar-refractivity contribution is 5.87. The average Bonchev–Trinajstić information content (AvgIpc) is 3.75. The van der Waals surface area contributed by atoms with E-state index in [2.05, 4.69) is 45.7 Å². The van der Waals surface area contributed by atoms with Gasteiger partial charge in [-0.2, -0.15) is 0 Å². The third-order valence-corrected chi connectivity index (χ3v) is 18.3. The van der Waals surface area contributed by atoms with Gasteiger partial charge in [0.15, 0.2) is 24.7 Å². The van der Waals surface area contributed by atoms with E-state index < -0.39 is 110 Å². The van der Waals surface area contributed by atoms with Crippen LogP contribution in [0, 0.1) is 46.3 Å². The van der Waals surface area contributed by atoms with Crippen LogP contribution >= 0.6 is 0 Å². The van der Waals surface area contributed by atoms with Crippen molar-refractivity contribution in [1.29, 1.82) is 0 Å². The molecule has 26 atom stereocenters. The van der Waals surface area contributed by atoms with Gasteiger partial charge >= 0.3 is 0 Å². The molecule has 8 N–H and O–H groups in total. The van der Waals surface area contributed by atoms with Crippen LogP contribution in [0.2, 0.25) is 0 Å². The van der Waals surface area contributed by atoms with Gasteiger partial charge in [0.1, 0.15) is 61.0 Å². The minimum atomic E-state index is -1.74. The Balaban J connectivity index is 0.949. The molecule has 378 valence electrons. The maximum atomic E-state index is 12.8. The second-order valence-electron chi connectivity index (χ2n) is 22.2. The number of carbonyl (C=O) groups is 1. The van der Waals surface area contributed by atoms with Crippen molar-refractivity contribution in [3.8, 4) is 0 Å². The zero-order chi connectivity index (χ0) is 47.9. The highest BCUT2D eigenvalue weighted by atomic mass is 16.8. The van der Waals surface area contributed by atoms with Crippen molar-refractivity contribution in [2.45, 2.75) is 209 Å². The summed E-state index contributed by atoms with van der Waals surface area (Å²) in [7, 11) is 0. The molecule has 5 aliphatic heterocycles. The molecule has 0 aromatic heterocycles. The number of ether oxygens (including phenoxy) is 8. The lowest BCUT2D eigenvalue weighted by molar-refractivity contribution is -0.386. The predicted octanol–water partition coefficient (Wildman–Crippen LogP) is 2.11. The lowest BCUT2D eigenvalue weighted by Crippen LogP contribution is -2.67. The van der Waals surface area contributed by atoms with Crippen LogP contribution in [0.1, 0.15) is 99.3 Å². The lowest BCUT2D eigenvalue weighted by atomic mass is 9.47. The van der Waals surface area contributed by atoms with Gasteiger partial charge in [-0.3, -0.25) is 4.79 Å². The Morgan fingerprint density at radius 1 is 0.791 bits per heavy atom. The molecule has 0 radical (unpaired) electrons. The van der Waals surface area contributed by atoms with Gasteiger partial charge in [0, 0.05) is 25.0 Å². The third kappa shape index (κ3) is 8.85. The number of hydrogen-bond acceptors (Lipinski definition) is 16. The van der Waals surface area contributed by atoms with Crippen LogP contribution in [0.15, 0.2) is 36.5 Å². The van der Waals surface area contributed by atoms with Crippen LogP contribution in [0.4, 0.5) is 0 Å². The standard InChI is InChI=1S/C50H77NO16/c1-8-9-10-34(52)51-21-33-43(65-45-40(57)38(55)36(53)25(4)61-45)42(59)44(66-46-41(58)39(56)37(54)26(5)62-46)47(64-33)63-28-14-16-48(6)27(19-28)11-12-29-30(48)15-17-49(7)31(29)20-32-35(49)24(3)50(67-32)18-13-23(2)22-60-50/h8-11,23-26,28-33,35-47,53-59H,1,12-22H2,2-7H3,(H,51,52)/b10-9+/t23-,24-,25+,26+,28-,29+,30-,31?,32-,33+,35-,36+,37+,38-,39-,40-,41-,42-,43+,44+,45+,46+,47+,48-,49-,50+/m0/s1. The molecule has 4 aliphatic carbocycles. The van der Waals surface area contributed by atoms with E-state index in [1.807, 2.05) is 0 Å². The Morgan fingerprint density at radius 2 is 1.46 bits per heavy atom. The molecule has 0 aromatic rings. The van der Waals surface area contributed by atoms with Crippen LogP contribution in [0.3, 0.4) is 0 Å². The molecule has 0 bridgehead atoms. The summed E-state index contributed by atoms with van der Waals surface area (Å²) in [6.45, 7) is 16.7. The first-order valence-electron chi connectivity index (χ1n) is 25.1. The third-order valence-electron chi connectivity index (χ3n) is 18.3. The minimum absolute atomic E-state index is 0.0467. The van der Waals surface area contributed by atoms with Crippen LogP contribution in [-0.2, 0) is 42.7 Å². The predicted molar refractivity (Wildman–Crippen MR) is 238 cm³/mol. The largest absolute Gasteiger partial charge is 0.388 e. The fourth-order valence-electron chi connectivity index (χ4n) is 14.4. The summed E-state index contributed by atoms with van der Waals surface area (Å²) in [5.74, 6) is 2.03. The Labute approximate surface area is 394 Å². The quantitative estimate of drug-likeness (QED) is 0.0889. The maximum absolute atomic E-state index is 12.8. The van der Waals surface area contributed by atoms with Crippen molar-refractivity contribution in [3.63, 3.8) is 0 Å². The average molecular weight is 948 g/mol. The Morgan fingerprint density at radius 3 is 2.10 bits per heavy atom. The van der Waals surface area contributed by atoms with Crippen molar-refractivity contribution in [1.82, 2.24) is 5.32 Å². The molecule has 9 rings (SSSR count). The molecule has 5 saturated heterocycles. The first kappa shape index (κ1) is 50.0. The smallest absolute Gasteiger partial charge is 0.244 e. The summed E-state index contributed by atoms with van der Waals surface area (Å²) in [4.78, 5) is 12.8. The highest BCUT2D eigenvalue weighted by Gasteiger charge is 2.69. The normalized spacial score (nSPS) is 54.2. The Hall–Kier alpha value is -1.91. The topological polar surface area (TPSA) is 245 Å². The number of aliphatic hydroxyl groups excluding tert-OH is 7. The van der Waals surface area contributed by atoms with E-state index in [0.29, 0.717) is 48.3 Å². The monoisotopic (exact) mass is 948 g/mol. The van der Waals surface area contributed by atoms with Gasteiger partial charge in [0.05, 0.1) is 31.0 Å². The second-order valence-corrected chi connectivity index (χ2v) is 22.2. The van der Waals surface area contributed by atoms with Crippen molar-refractivity contribution in [2.75, 3.05) is 13.2 Å². The van der Waals surface area contributed by atoms with Gasteiger partial charge in [-0.15, -0.1) is 0 Å². The van der Waals surface area contributed by atoms with Gasteiger partial charge in [0.2, 0.25) is 5.91 Å². The highest BCUT2D eigenvalue weighted by Crippen LogP contribution is 2.70. The summed E-state index contributed by atoms with van der Waals surface area (Å²) in [6.07, 6.45) is -6.77. The Bertz CT molecular complexity index is 1840. The summed E-state index contributed by atoms with van der Waals surface area (Å²) < 4.78 is 51.1. The molecular formula is C50H77NO16. The van der Waals surface area contributed by atoms with Crippen molar-refractivity contribution in [3.05, 3.63) is 36.5 Å². The van der Waals surface area contributed by atoms with Gasteiger partial charge in [-0.1, -0.05) is 58.1 Å². The van der Waals surface area contributed by atoms with E-state index in [4.69, 9.17) is 37.9 Å². The number of amides is 1. The fraction of sp³-hybridized carbons (Fsp3) is 0.860. The number of hydrogen-bond donors (Lipinski definition) is 8. The maximum Gasteiger partial charge on any atom is 0.244 e. The molecule has 1 spiro atoms. The number of rotatable bonds is 10. The molecule has 9 aliphatic rings. The van der Waals surface area contributed by atoms with E-state index in [9.17, 15) is 40.5 Å². The van der Waals surface area contributed by atoms with Crippen LogP contribution in [0.25, 0.3) is 0 Å². The van der Waals surface area contributed by atoms with Crippen LogP contribution in [-0.4, -0.2) is 165 Å². The zero-order valence-electron chi connectivity index (χ0n) is 39.9. The van der Waals surface area contributed by atoms with Crippen molar-refractivity contribution < 1.29 is 78.4 Å². The molecule has 3 saturated carbocycles. The number of fused-ring (bicyclic) bond motifs is 7. The van der Waals surface area contributed by atoms with E-state index in [1.165, 1.54) is 37.6 Å². The molecule has 1 amide bonds. The van der Waals surface area contributed by atoms with Gasteiger partial charge < -0.3 is 79.0 Å². The SMILES string of the molecule is C=C/C=C/C(=O)NC[C@H]1O[C@@H](O[C@H]2CC[C@@]3(C)C(=CC[C@H]4C5C[C@@H]6O[C@]7(CC[C@H](C)CO7)[C@@H](C)[C@@H]6[C@@]5(C)CC[C@@H]43)C2)[C@H](O[C@H]2O[C@H](C)[C@@H](O)[C@H](O)[C@@H]2O)[C@@H](O)[C@@H]1O[C@H]1O[C@H](C)[C@@H](O)[C@H](O)[C@@H]1O. The van der Waals surface area contributed by atoms with E-state index in [0.717, 1.165) is 51.6 Å². The summed E-state index contributed by atoms with van der Waals surface area (Å²) in [6, 6.07) is 0. The number of aliphatic hydroxyl groups is 7. The molecular weight excluding hydrogens is 871 g/mol. The second kappa shape index (κ2) is 19.3. The molecule has 1 unspecified atom stereocenters. The van der Waals surface area contributed by atoms with E-state index in [1.54, 1.807) is 0 Å². The number of carbonyl (C=O) groups excluding carboxylic acids is 1. The lowest BCUT2D eigenvalue weighted by Gasteiger charge is -2.59. The van der Waals surface area contributed by atoms with Gasteiger partial charge in [0.25, 0.3) is 0 Å². The fourth-order valence-corrected chi connectivity index (χ4v) is 14.4.